The Morgan fingerprint density at radius 3 is 2.56 bits per heavy atom. The Morgan fingerprint density at radius 2 is 1.94 bits per heavy atom. The molecule has 1 saturated carbocycles. The molecule has 4 heteroatoms. The first kappa shape index (κ1) is 11.8. The maximum Gasteiger partial charge on any atom is 0.167 e. The molecule has 1 fully saturated rings. The second-order valence-corrected chi connectivity index (χ2v) is 5.04. The molecular weight excluding hydrogens is 230 g/mol. The average molecular weight is 249 g/mol. The molecule has 1 aliphatic carbocycles. The number of benzene rings is 1. The van der Waals surface area contributed by atoms with Gasteiger partial charge in [-0.1, -0.05) is 12.1 Å². The van der Waals surface area contributed by atoms with Gasteiger partial charge >= 0.3 is 0 Å². The lowest BCUT2D eigenvalue weighted by atomic mass is 9.93. The van der Waals surface area contributed by atoms with Crippen molar-refractivity contribution in [2.75, 3.05) is 26.9 Å². The number of rotatable bonds is 4. The van der Waals surface area contributed by atoms with Gasteiger partial charge in [-0.3, -0.25) is 0 Å². The summed E-state index contributed by atoms with van der Waals surface area (Å²) in [7, 11) is 1.69. The summed E-state index contributed by atoms with van der Waals surface area (Å²) in [6.45, 7) is 2.42. The van der Waals surface area contributed by atoms with Gasteiger partial charge in [0.25, 0.3) is 0 Å². The lowest BCUT2D eigenvalue weighted by Crippen LogP contribution is -2.24. The van der Waals surface area contributed by atoms with Crippen molar-refractivity contribution in [2.45, 2.75) is 24.9 Å². The van der Waals surface area contributed by atoms with Gasteiger partial charge in [0.2, 0.25) is 0 Å². The van der Waals surface area contributed by atoms with Crippen LogP contribution in [0.4, 0.5) is 0 Å². The first-order chi connectivity index (χ1) is 8.80. The smallest absolute Gasteiger partial charge is 0.167 e. The molecule has 0 amide bonds. The van der Waals surface area contributed by atoms with Crippen LogP contribution in [-0.2, 0) is 16.8 Å². The van der Waals surface area contributed by atoms with Crippen LogP contribution in [0, 0.1) is 0 Å². The molecule has 98 valence electrons. The van der Waals surface area contributed by atoms with Crippen LogP contribution in [0.5, 0.6) is 11.5 Å². The van der Waals surface area contributed by atoms with E-state index >= 15 is 0 Å². The Hall–Kier alpha value is -1.26. The van der Waals surface area contributed by atoms with Crippen LogP contribution in [0.1, 0.15) is 24.0 Å². The van der Waals surface area contributed by atoms with Crippen LogP contribution in [0.3, 0.4) is 0 Å². The van der Waals surface area contributed by atoms with Crippen LogP contribution in [0.2, 0.25) is 0 Å². The topological polar surface area (TPSA) is 53.7 Å². The van der Waals surface area contributed by atoms with Crippen molar-refractivity contribution in [3.8, 4) is 11.5 Å². The number of methoxy groups -OCH3 is 1. The van der Waals surface area contributed by atoms with E-state index < -0.39 is 0 Å². The molecule has 0 saturated heterocycles. The Morgan fingerprint density at radius 1 is 1.22 bits per heavy atom. The van der Waals surface area contributed by atoms with E-state index in [1.807, 2.05) is 0 Å². The predicted octanol–water partition coefficient (Wildman–Crippen LogP) is 1.59. The first-order valence-corrected chi connectivity index (χ1v) is 6.42. The van der Waals surface area contributed by atoms with Gasteiger partial charge in [0, 0.05) is 30.2 Å². The average Bonchev–Trinajstić information content (AvgIpc) is 3.20. The fourth-order valence-electron chi connectivity index (χ4n) is 2.61. The summed E-state index contributed by atoms with van der Waals surface area (Å²) in [6, 6.07) is 4.20. The third kappa shape index (κ3) is 1.76. The van der Waals surface area contributed by atoms with Gasteiger partial charge in [0.05, 0.1) is 6.61 Å². The first-order valence-electron chi connectivity index (χ1n) is 6.42. The fourth-order valence-corrected chi connectivity index (χ4v) is 2.61. The fraction of sp³-hybridized carbons (Fsp3) is 0.571. The second kappa shape index (κ2) is 4.44. The summed E-state index contributed by atoms with van der Waals surface area (Å²) in [5.74, 6) is 1.74. The third-order valence-electron chi connectivity index (χ3n) is 3.89. The van der Waals surface area contributed by atoms with Crippen LogP contribution in [-0.4, -0.2) is 26.9 Å². The predicted molar refractivity (Wildman–Crippen MR) is 68.1 cm³/mol. The van der Waals surface area contributed by atoms with E-state index in [-0.39, 0.29) is 5.41 Å². The molecule has 0 spiro atoms. The molecule has 1 aromatic carbocycles. The molecule has 1 heterocycles. The van der Waals surface area contributed by atoms with Gasteiger partial charge in [-0.05, 0) is 12.8 Å². The maximum atomic E-state index is 5.91. The zero-order valence-electron chi connectivity index (χ0n) is 10.7. The molecule has 1 aromatic rings. The summed E-state index contributed by atoms with van der Waals surface area (Å²) in [5.41, 5.74) is 8.28. The summed E-state index contributed by atoms with van der Waals surface area (Å²) in [4.78, 5) is 0. The minimum atomic E-state index is 0.121. The molecule has 4 nitrogen and oxygen atoms in total. The van der Waals surface area contributed by atoms with Crippen molar-refractivity contribution in [1.29, 1.82) is 0 Å². The van der Waals surface area contributed by atoms with Crippen LogP contribution in [0.25, 0.3) is 0 Å². The summed E-state index contributed by atoms with van der Waals surface area (Å²) < 4.78 is 16.8. The van der Waals surface area contributed by atoms with Crippen molar-refractivity contribution in [1.82, 2.24) is 0 Å². The minimum absolute atomic E-state index is 0.121. The summed E-state index contributed by atoms with van der Waals surface area (Å²) in [6.07, 6.45) is 2.28. The Balaban J connectivity index is 2.06. The van der Waals surface area contributed by atoms with Crippen molar-refractivity contribution < 1.29 is 14.2 Å². The van der Waals surface area contributed by atoms with E-state index in [2.05, 4.69) is 12.1 Å². The Labute approximate surface area is 107 Å². The van der Waals surface area contributed by atoms with Gasteiger partial charge in [-0.2, -0.15) is 0 Å². The molecule has 1 aliphatic heterocycles. The van der Waals surface area contributed by atoms with Crippen molar-refractivity contribution in [2.24, 2.45) is 5.73 Å². The number of hydrogen-bond acceptors (Lipinski definition) is 4. The highest BCUT2D eigenvalue weighted by atomic mass is 16.6. The highest BCUT2D eigenvalue weighted by Crippen LogP contribution is 2.53. The molecule has 0 radical (unpaired) electrons. The van der Waals surface area contributed by atoms with E-state index in [1.54, 1.807) is 7.11 Å². The molecule has 0 unspecified atom stereocenters. The molecule has 0 bridgehead atoms. The molecule has 18 heavy (non-hydrogen) atoms. The van der Waals surface area contributed by atoms with Gasteiger partial charge in [-0.25, -0.2) is 0 Å². The molecular formula is C14H19NO3. The largest absolute Gasteiger partial charge is 0.486 e. The van der Waals surface area contributed by atoms with E-state index in [9.17, 15) is 0 Å². The van der Waals surface area contributed by atoms with Crippen LogP contribution < -0.4 is 15.2 Å². The number of hydrogen-bond donors (Lipinski definition) is 1. The molecule has 0 aromatic heterocycles. The quantitative estimate of drug-likeness (QED) is 0.880. The standard InChI is InChI=1S/C14H19NO3/c1-16-8-10-2-3-11(14(9-15)4-5-14)13-12(10)17-6-7-18-13/h2-3H,4-9,15H2,1H3. The normalized spacial score (nSPS) is 19.7. The molecule has 2 N–H and O–H groups in total. The zero-order chi connectivity index (χ0) is 12.6. The van der Waals surface area contributed by atoms with Crippen LogP contribution in [0.15, 0.2) is 12.1 Å². The van der Waals surface area contributed by atoms with E-state index in [4.69, 9.17) is 19.9 Å². The van der Waals surface area contributed by atoms with Crippen LogP contribution >= 0.6 is 0 Å². The Bertz CT molecular complexity index is 455. The van der Waals surface area contributed by atoms with Gasteiger partial charge in [0.1, 0.15) is 13.2 Å². The van der Waals surface area contributed by atoms with Gasteiger partial charge < -0.3 is 19.9 Å². The Kier molecular flexibility index (Phi) is 2.92. The van der Waals surface area contributed by atoms with E-state index in [0.717, 1.165) is 29.9 Å². The van der Waals surface area contributed by atoms with Crippen molar-refractivity contribution in [3.63, 3.8) is 0 Å². The summed E-state index contributed by atoms with van der Waals surface area (Å²) in [5, 5.41) is 0. The van der Waals surface area contributed by atoms with Crippen molar-refractivity contribution >= 4 is 0 Å². The lowest BCUT2D eigenvalue weighted by molar-refractivity contribution is 0.151. The van der Waals surface area contributed by atoms with Gasteiger partial charge in [0.15, 0.2) is 11.5 Å². The number of nitrogens with two attached hydrogens (primary N) is 1. The molecule has 2 aliphatic rings. The van der Waals surface area contributed by atoms with Crippen molar-refractivity contribution in [3.05, 3.63) is 23.3 Å². The van der Waals surface area contributed by atoms with E-state index in [0.29, 0.717) is 26.4 Å². The highest BCUT2D eigenvalue weighted by Gasteiger charge is 2.46. The third-order valence-corrected chi connectivity index (χ3v) is 3.89. The zero-order valence-corrected chi connectivity index (χ0v) is 10.7. The molecule has 0 atom stereocenters. The summed E-state index contributed by atoms with van der Waals surface area (Å²) >= 11 is 0. The number of fused-ring (bicyclic) bond motifs is 1. The molecule has 3 rings (SSSR count). The van der Waals surface area contributed by atoms with E-state index in [1.165, 1.54) is 5.56 Å². The lowest BCUT2D eigenvalue weighted by Gasteiger charge is -2.26. The van der Waals surface area contributed by atoms with Gasteiger partial charge in [-0.15, -0.1) is 0 Å². The monoisotopic (exact) mass is 249 g/mol. The second-order valence-electron chi connectivity index (χ2n) is 5.04. The number of ether oxygens (including phenoxy) is 3. The minimum Gasteiger partial charge on any atom is -0.486 e. The highest BCUT2D eigenvalue weighted by molar-refractivity contribution is 5.57. The SMILES string of the molecule is COCc1ccc(C2(CN)CC2)c2c1OCCO2. The maximum absolute atomic E-state index is 5.91.